The van der Waals surface area contributed by atoms with Gasteiger partial charge in [0, 0.05) is 11.7 Å². The Hall–Kier alpha value is -2.54. The smallest absolute Gasteiger partial charge is 0.261 e. The van der Waals surface area contributed by atoms with Crippen molar-refractivity contribution in [2.75, 3.05) is 11.3 Å². The number of hydrogen-bond donors (Lipinski definition) is 2. The summed E-state index contributed by atoms with van der Waals surface area (Å²) in [6.45, 7) is -0.0785. The summed E-state index contributed by atoms with van der Waals surface area (Å²) in [7, 11) is -3.67. The van der Waals surface area contributed by atoms with Gasteiger partial charge in [0.15, 0.2) is 6.61 Å². The molecule has 1 aliphatic rings. The molecule has 1 amide bonds. The Morgan fingerprint density at radius 3 is 2.17 bits per heavy atom. The summed E-state index contributed by atoms with van der Waals surface area (Å²) in [5.74, 6) is 0.314. The lowest BCUT2D eigenvalue weighted by atomic mass is 9.97. The van der Waals surface area contributed by atoms with Crippen molar-refractivity contribution in [1.29, 1.82) is 0 Å². The van der Waals surface area contributed by atoms with Crippen LogP contribution in [0.5, 0.6) is 5.75 Å². The zero-order valence-electron chi connectivity index (χ0n) is 16.5. The van der Waals surface area contributed by atoms with Crippen LogP contribution in [0.4, 0.5) is 5.69 Å². The molecule has 0 unspecified atom stereocenters. The molecule has 2 aromatic rings. The molecule has 3 rings (SSSR count). The van der Waals surface area contributed by atoms with Crippen LogP contribution in [0.1, 0.15) is 44.9 Å². The zero-order chi connectivity index (χ0) is 20.5. The number of carbonyl (C=O) groups excluding carboxylic acids is 1. The zero-order valence-corrected chi connectivity index (χ0v) is 17.3. The summed E-state index contributed by atoms with van der Waals surface area (Å²) in [5, 5.41) is 3.05. The lowest BCUT2D eigenvalue weighted by Crippen LogP contribution is -2.38. The van der Waals surface area contributed by atoms with Gasteiger partial charge in [0.25, 0.3) is 15.9 Å². The average Bonchev–Trinajstić information content (AvgIpc) is 2.69. The van der Waals surface area contributed by atoms with Crippen LogP contribution >= 0.6 is 0 Å². The minimum absolute atomic E-state index is 0.0785. The highest BCUT2D eigenvalue weighted by molar-refractivity contribution is 7.92. The van der Waals surface area contributed by atoms with Gasteiger partial charge in [-0.1, -0.05) is 50.3 Å². The van der Waals surface area contributed by atoms with Gasteiger partial charge in [-0.25, -0.2) is 8.42 Å². The van der Waals surface area contributed by atoms with Crippen molar-refractivity contribution < 1.29 is 17.9 Å². The SMILES string of the molecule is O=C(COc1ccc(S(=O)(=O)Nc2ccccc2)cc1)NC1CCCCCCC1. The Labute approximate surface area is 172 Å². The molecule has 0 spiro atoms. The van der Waals surface area contributed by atoms with E-state index in [0.717, 1.165) is 25.7 Å². The molecule has 0 bridgehead atoms. The highest BCUT2D eigenvalue weighted by Crippen LogP contribution is 2.20. The Kier molecular flexibility index (Phi) is 7.52. The van der Waals surface area contributed by atoms with Gasteiger partial charge in [0.05, 0.1) is 4.90 Å². The molecule has 0 atom stereocenters. The van der Waals surface area contributed by atoms with Crippen LogP contribution < -0.4 is 14.8 Å². The van der Waals surface area contributed by atoms with E-state index in [4.69, 9.17) is 4.74 Å². The predicted octanol–water partition coefficient (Wildman–Crippen LogP) is 4.10. The maximum absolute atomic E-state index is 12.4. The van der Waals surface area contributed by atoms with E-state index in [1.54, 1.807) is 36.4 Å². The van der Waals surface area contributed by atoms with Crippen molar-refractivity contribution >= 4 is 21.6 Å². The maximum Gasteiger partial charge on any atom is 0.261 e. The molecule has 0 aromatic heterocycles. The van der Waals surface area contributed by atoms with Crippen molar-refractivity contribution in [2.24, 2.45) is 0 Å². The predicted molar refractivity (Wildman–Crippen MR) is 113 cm³/mol. The van der Waals surface area contributed by atoms with Crippen molar-refractivity contribution in [3.8, 4) is 5.75 Å². The molecular formula is C22H28N2O4S. The Balaban J connectivity index is 1.50. The molecule has 0 aliphatic heterocycles. The molecule has 29 heavy (non-hydrogen) atoms. The molecule has 6 nitrogen and oxygen atoms in total. The van der Waals surface area contributed by atoms with E-state index in [1.807, 2.05) is 6.07 Å². The number of benzene rings is 2. The van der Waals surface area contributed by atoms with E-state index in [1.165, 1.54) is 31.4 Å². The summed E-state index contributed by atoms with van der Waals surface area (Å²) >= 11 is 0. The van der Waals surface area contributed by atoms with Gasteiger partial charge in [-0.05, 0) is 49.2 Å². The van der Waals surface area contributed by atoms with E-state index in [-0.39, 0.29) is 23.5 Å². The fourth-order valence-electron chi connectivity index (χ4n) is 3.45. The fourth-order valence-corrected chi connectivity index (χ4v) is 4.51. The van der Waals surface area contributed by atoms with Gasteiger partial charge in [-0.2, -0.15) is 0 Å². The molecule has 156 valence electrons. The first-order chi connectivity index (χ1) is 14.0. The second-order valence-corrected chi connectivity index (χ2v) is 9.02. The summed E-state index contributed by atoms with van der Waals surface area (Å²) < 4.78 is 32.9. The fraction of sp³-hybridized carbons (Fsp3) is 0.409. The third-order valence-corrected chi connectivity index (χ3v) is 6.40. The van der Waals surface area contributed by atoms with Gasteiger partial charge in [0.2, 0.25) is 0 Å². The van der Waals surface area contributed by atoms with Crippen LogP contribution in [0.2, 0.25) is 0 Å². The number of anilines is 1. The molecule has 0 radical (unpaired) electrons. The lowest BCUT2D eigenvalue weighted by Gasteiger charge is -2.21. The molecular weight excluding hydrogens is 388 g/mol. The van der Waals surface area contributed by atoms with Crippen LogP contribution in [-0.4, -0.2) is 27.0 Å². The highest BCUT2D eigenvalue weighted by atomic mass is 32.2. The molecule has 7 heteroatoms. The molecule has 0 saturated heterocycles. The first-order valence-corrected chi connectivity index (χ1v) is 11.6. The van der Waals surface area contributed by atoms with Crippen LogP contribution in [0.15, 0.2) is 59.5 Å². The molecule has 1 fully saturated rings. The minimum atomic E-state index is -3.67. The van der Waals surface area contributed by atoms with E-state index >= 15 is 0 Å². The van der Waals surface area contributed by atoms with Gasteiger partial charge < -0.3 is 10.1 Å². The number of hydrogen-bond acceptors (Lipinski definition) is 4. The first-order valence-electron chi connectivity index (χ1n) is 10.1. The summed E-state index contributed by atoms with van der Waals surface area (Å²) in [4.78, 5) is 12.3. The normalized spacial score (nSPS) is 15.7. The number of ether oxygens (including phenoxy) is 1. The van der Waals surface area contributed by atoms with Crippen LogP contribution in [0.25, 0.3) is 0 Å². The van der Waals surface area contributed by atoms with Crippen molar-refractivity contribution in [3.05, 3.63) is 54.6 Å². The van der Waals surface area contributed by atoms with Crippen LogP contribution in [-0.2, 0) is 14.8 Å². The number of nitrogens with one attached hydrogen (secondary N) is 2. The third-order valence-electron chi connectivity index (χ3n) is 5.00. The Morgan fingerprint density at radius 1 is 0.897 bits per heavy atom. The number of sulfonamides is 1. The van der Waals surface area contributed by atoms with Gasteiger partial charge >= 0.3 is 0 Å². The second kappa shape index (κ2) is 10.3. The lowest BCUT2D eigenvalue weighted by molar-refractivity contribution is -0.123. The highest BCUT2D eigenvalue weighted by Gasteiger charge is 2.16. The quantitative estimate of drug-likeness (QED) is 0.712. The summed E-state index contributed by atoms with van der Waals surface area (Å²) in [6.07, 6.45) is 8.10. The molecule has 1 saturated carbocycles. The van der Waals surface area contributed by atoms with Gasteiger partial charge in [-0.15, -0.1) is 0 Å². The summed E-state index contributed by atoms with van der Waals surface area (Å²) in [6, 6.07) is 15.0. The number of carbonyl (C=O) groups is 1. The van der Waals surface area contributed by atoms with E-state index in [0.29, 0.717) is 11.4 Å². The molecule has 1 aliphatic carbocycles. The standard InChI is InChI=1S/C22H28N2O4S/c25-22(23-18-9-5-2-1-3-6-10-18)17-28-20-13-15-21(16-14-20)29(26,27)24-19-11-7-4-8-12-19/h4,7-8,11-16,18,24H,1-3,5-6,9-10,17H2,(H,23,25). The number of amides is 1. The number of para-hydroxylation sites is 1. The Bertz CT molecular complexity index is 875. The monoisotopic (exact) mass is 416 g/mol. The van der Waals surface area contributed by atoms with Gasteiger partial charge in [0.1, 0.15) is 5.75 Å². The van der Waals surface area contributed by atoms with E-state index in [2.05, 4.69) is 10.0 Å². The molecule has 2 N–H and O–H groups in total. The minimum Gasteiger partial charge on any atom is -0.484 e. The van der Waals surface area contributed by atoms with Gasteiger partial charge in [-0.3, -0.25) is 9.52 Å². The second-order valence-electron chi connectivity index (χ2n) is 7.34. The maximum atomic E-state index is 12.4. The number of rotatable bonds is 7. The molecule has 0 heterocycles. The van der Waals surface area contributed by atoms with Crippen molar-refractivity contribution in [3.63, 3.8) is 0 Å². The van der Waals surface area contributed by atoms with Crippen molar-refractivity contribution in [1.82, 2.24) is 5.32 Å². The summed E-state index contributed by atoms with van der Waals surface area (Å²) in [5.41, 5.74) is 0.499. The van der Waals surface area contributed by atoms with E-state index < -0.39 is 10.0 Å². The first kappa shape index (κ1) is 21.2. The van der Waals surface area contributed by atoms with Crippen LogP contribution in [0, 0.1) is 0 Å². The third kappa shape index (κ3) is 6.78. The van der Waals surface area contributed by atoms with Crippen LogP contribution in [0.3, 0.4) is 0 Å². The average molecular weight is 417 g/mol. The van der Waals surface area contributed by atoms with E-state index in [9.17, 15) is 13.2 Å². The molecule has 2 aromatic carbocycles. The largest absolute Gasteiger partial charge is 0.484 e. The topological polar surface area (TPSA) is 84.5 Å². The Morgan fingerprint density at radius 2 is 1.52 bits per heavy atom. The van der Waals surface area contributed by atoms with Crippen molar-refractivity contribution in [2.45, 2.75) is 55.9 Å².